The third-order valence-electron chi connectivity index (χ3n) is 4.88. The molecule has 0 saturated heterocycles. The number of rotatable bonds is 4. The summed E-state index contributed by atoms with van der Waals surface area (Å²) in [5.41, 5.74) is 8.63. The molecule has 0 saturated carbocycles. The lowest BCUT2D eigenvalue weighted by Gasteiger charge is -2.20. The quantitative estimate of drug-likeness (QED) is 0.534. The van der Waals surface area contributed by atoms with Gasteiger partial charge in [0.2, 0.25) is 0 Å². The van der Waals surface area contributed by atoms with E-state index in [1.807, 2.05) is 24.3 Å². The molecule has 1 heterocycles. The molecule has 2 amide bonds. The van der Waals surface area contributed by atoms with Crippen LogP contribution in [0, 0.1) is 0 Å². The van der Waals surface area contributed by atoms with E-state index in [0.29, 0.717) is 22.7 Å². The number of hydrazine groups is 1. The fourth-order valence-electron chi connectivity index (χ4n) is 3.16. The molecular weight excluding hydrogens is 380 g/mol. The van der Waals surface area contributed by atoms with Gasteiger partial charge < -0.3 is 10.5 Å². The van der Waals surface area contributed by atoms with Crippen LogP contribution in [0.4, 0.5) is 5.69 Å². The van der Waals surface area contributed by atoms with Gasteiger partial charge in [-0.2, -0.15) is 10.1 Å². The second kappa shape index (κ2) is 8.02. The van der Waals surface area contributed by atoms with Crippen molar-refractivity contribution < 1.29 is 14.7 Å². The van der Waals surface area contributed by atoms with Gasteiger partial charge in [0.15, 0.2) is 0 Å². The maximum Gasteiger partial charge on any atom is 0.282 e. The molecule has 0 bridgehead atoms. The number of allylic oxidation sites excluding steroid dienone is 1. The number of phenols is 1. The summed E-state index contributed by atoms with van der Waals surface area (Å²) in [5.74, 6) is -0.915. The van der Waals surface area contributed by atoms with Crippen LogP contribution in [0.15, 0.2) is 64.9 Å². The molecule has 156 valence electrons. The van der Waals surface area contributed by atoms with Gasteiger partial charge in [0.05, 0.1) is 22.5 Å². The van der Waals surface area contributed by atoms with E-state index in [-0.39, 0.29) is 22.6 Å². The molecule has 2 aromatic rings. The second-order valence-corrected chi connectivity index (χ2v) is 8.20. The number of benzene rings is 2. The fourth-order valence-corrected chi connectivity index (χ4v) is 3.16. The van der Waals surface area contributed by atoms with Gasteiger partial charge in [0.25, 0.3) is 11.8 Å². The van der Waals surface area contributed by atoms with E-state index in [9.17, 15) is 14.7 Å². The van der Waals surface area contributed by atoms with Gasteiger partial charge in [0, 0.05) is 5.70 Å². The number of para-hydroxylation sites is 1. The van der Waals surface area contributed by atoms with Crippen molar-refractivity contribution in [3.8, 4) is 5.75 Å². The Bertz CT molecular complexity index is 1050. The van der Waals surface area contributed by atoms with Crippen molar-refractivity contribution in [1.29, 1.82) is 0 Å². The van der Waals surface area contributed by atoms with E-state index in [4.69, 9.17) is 0 Å². The zero-order chi connectivity index (χ0) is 22.1. The summed E-state index contributed by atoms with van der Waals surface area (Å²) in [4.78, 5) is 25.2. The first-order chi connectivity index (χ1) is 14.1. The number of nitrogens with zero attached hydrogens (tertiary/aromatic N) is 2. The van der Waals surface area contributed by atoms with E-state index >= 15 is 0 Å². The van der Waals surface area contributed by atoms with Gasteiger partial charge in [0.1, 0.15) is 5.75 Å². The summed E-state index contributed by atoms with van der Waals surface area (Å²) in [5, 5.41) is 15.5. The SMILES string of the molecule is CC1=NN(c2ccc(C(C)(C)C)cc2)C(=O)/C1=C(/C)NNC(=O)c1ccccc1O. The van der Waals surface area contributed by atoms with E-state index in [1.54, 1.807) is 26.0 Å². The van der Waals surface area contributed by atoms with Gasteiger partial charge in [-0.1, -0.05) is 45.0 Å². The summed E-state index contributed by atoms with van der Waals surface area (Å²) >= 11 is 0. The zero-order valence-electron chi connectivity index (χ0n) is 17.8. The Balaban J connectivity index is 1.76. The Morgan fingerprint density at radius 1 is 1.03 bits per heavy atom. The van der Waals surface area contributed by atoms with Crippen LogP contribution in [0.3, 0.4) is 0 Å². The Morgan fingerprint density at radius 3 is 2.27 bits per heavy atom. The van der Waals surface area contributed by atoms with Crippen molar-refractivity contribution in [3.63, 3.8) is 0 Å². The topological polar surface area (TPSA) is 94.0 Å². The van der Waals surface area contributed by atoms with Crippen molar-refractivity contribution in [1.82, 2.24) is 10.9 Å². The summed E-state index contributed by atoms with van der Waals surface area (Å²) in [6, 6.07) is 14.0. The first kappa shape index (κ1) is 21.1. The third kappa shape index (κ3) is 4.20. The van der Waals surface area contributed by atoms with Crippen LogP contribution >= 0.6 is 0 Å². The number of hydrazone groups is 1. The highest BCUT2D eigenvalue weighted by Crippen LogP contribution is 2.28. The molecule has 0 unspecified atom stereocenters. The van der Waals surface area contributed by atoms with E-state index in [1.165, 1.54) is 22.7 Å². The normalized spacial score (nSPS) is 15.7. The largest absolute Gasteiger partial charge is 0.507 e. The number of amides is 2. The lowest BCUT2D eigenvalue weighted by Crippen LogP contribution is -2.37. The van der Waals surface area contributed by atoms with Crippen LogP contribution in [0.1, 0.15) is 50.5 Å². The lowest BCUT2D eigenvalue weighted by atomic mass is 9.87. The maximum absolute atomic E-state index is 13.0. The minimum Gasteiger partial charge on any atom is -0.507 e. The van der Waals surface area contributed by atoms with Crippen molar-refractivity contribution in [2.24, 2.45) is 5.10 Å². The lowest BCUT2D eigenvalue weighted by molar-refractivity contribution is -0.114. The number of hydrogen-bond donors (Lipinski definition) is 3. The Labute approximate surface area is 176 Å². The molecule has 1 aliphatic heterocycles. The van der Waals surface area contributed by atoms with Crippen LogP contribution < -0.4 is 15.9 Å². The van der Waals surface area contributed by atoms with Gasteiger partial charge in [-0.05, 0) is 49.1 Å². The minimum atomic E-state index is -0.511. The minimum absolute atomic E-state index is 0.0176. The molecule has 0 aromatic heterocycles. The van der Waals surface area contributed by atoms with Crippen LogP contribution in [-0.2, 0) is 10.2 Å². The third-order valence-corrected chi connectivity index (χ3v) is 4.88. The summed E-state index contributed by atoms with van der Waals surface area (Å²) < 4.78 is 0. The molecule has 3 N–H and O–H groups in total. The van der Waals surface area contributed by atoms with Gasteiger partial charge in [-0.25, -0.2) is 0 Å². The van der Waals surface area contributed by atoms with E-state index in [0.717, 1.165) is 0 Å². The highest BCUT2D eigenvalue weighted by atomic mass is 16.3. The molecule has 30 heavy (non-hydrogen) atoms. The molecule has 0 aliphatic carbocycles. The number of phenolic OH excluding ortho intramolecular Hbond substituents is 1. The molecule has 0 spiro atoms. The molecule has 7 heteroatoms. The molecule has 7 nitrogen and oxygen atoms in total. The Kier molecular flexibility index (Phi) is 5.64. The molecule has 3 rings (SSSR count). The molecule has 1 aliphatic rings. The molecule has 0 radical (unpaired) electrons. The predicted molar refractivity (Wildman–Crippen MR) is 117 cm³/mol. The van der Waals surface area contributed by atoms with Crippen molar-refractivity contribution >= 4 is 23.2 Å². The van der Waals surface area contributed by atoms with Crippen LogP contribution in [0.5, 0.6) is 5.75 Å². The molecule has 2 aromatic carbocycles. The molecule has 0 fully saturated rings. The zero-order valence-corrected chi connectivity index (χ0v) is 17.8. The predicted octanol–water partition coefficient (Wildman–Crippen LogP) is 3.62. The number of aromatic hydroxyl groups is 1. The second-order valence-electron chi connectivity index (χ2n) is 8.20. The van der Waals surface area contributed by atoms with Crippen LogP contribution in [0.25, 0.3) is 0 Å². The molecular formula is C23H26N4O3. The average Bonchev–Trinajstić information content (AvgIpc) is 3.00. The molecule has 0 atom stereocenters. The summed E-state index contributed by atoms with van der Waals surface area (Å²) in [6.07, 6.45) is 0. The van der Waals surface area contributed by atoms with Crippen LogP contribution in [-0.4, -0.2) is 22.6 Å². The van der Waals surface area contributed by atoms with Crippen molar-refractivity contribution in [3.05, 3.63) is 70.9 Å². The summed E-state index contributed by atoms with van der Waals surface area (Å²) in [7, 11) is 0. The van der Waals surface area contributed by atoms with E-state index < -0.39 is 5.91 Å². The first-order valence-corrected chi connectivity index (χ1v) is 9.65. The Morgan fingerprint density at radius 2 is 1.67 bits per heavy atom. The van der Waals surface area contributed by atoms with E-state index in [2.05, 4.69) is 36.7 Å². The highest BCUT2D eigenvalue weighted by molar-refractivity contribution is 6.30. The Hall–Kier alpha value is -3.61. The van der Waals surface area contributed by atoms with Crippen molar-refractivity contribution in [2.75, 3.05) is 5.01 Å². The number of carbonyl (C=O) groups is 2. The maximum atomic E-state index is 13.0. The standard InChI is InChI=1S/C23H26N4O3/c1-14(24-25-21(29)18-8-6-7-9-19(18)28)20-15(2)26-27(22(20)30)17-12-10-16(11-13-17)23(3,4)5/h6-13,24,28H,1-5H3,(H,25,29)/b20-14-. The number of hydrogen-bond acceptors (Lipinski definition) is 5. The first-order valence-electron chi connectivity index (χ1n) is 9.65. The van der Waals surface area contributed by atoms with Crippen molar-refractivity contribution in [2.45, 2.75) is 40.0 Å². The number of anilines is 1. The average molecular weight is 406 g/mol. The monoisotopic (exact) mass is 406 g/mol. The highest BCUT2D eigenvalue weighted by Gasteiger charge is 2.31. The van der Waals surface area contributed by atoms with Crippen LogP contribution in [0.2, 0.25) is 0 Å². The summed E-state index contributed by atoms with van der Waals surface area (Å²) in [6.45, 7) is 9.82. The van der Waals surface area contributed by atoms with Gasteiger partial charge >= 0.3 is 0 Å². The number of nitrogens with one attached hydrogen (secondary N) is 2. The van der Waals surface area contributed by atoms with Gasteiger partial charge in [-0.15, -0.1) is 0 Å². The smallest absolute Gasteiger partial charge is 0.282 e. The number of carbonyl (C=O) groups excluding carboxylic acids is 2. The van der Waals surface area contributed by atoms with Gasteiger partial charge in [-0.3, -0.25) is 15.0 Å². The fraction of sp³-hybridized carbons (Fsp3) is 0.261.